The Labute approximate surface area is 148 Å². The van der Waals surface area contributed by atoms with E-state index in [1.54, 1.807) is 18.2 Å². The molecule has 1 heterocycles. The van der Waals surface area contributed by atoms with Gasteiger partial charge in [-0.15, -0.1) is 0 Å². The number of carbonyl (C=O) groups is 2. The van der Waals surface area contributed by atoms with Gasteiger partial charge in [-0.05, 0) is 55.3 Å². The van der Waals surface area contributed by atoms with Crippen molar-refractivity contribution in [1.82, 2.24) is 0 Å². The maximum Gasteiger partial charge on any atom is 0.416 e. The molecule has 0 spiro atoms. The van der Waals surface area contributed by atoms with E-state index in [0.29, 0.717) is 17.8 Å². The van der Waals surface area contributed by atoms with Crippen LogP contribution in [0.5, 0.6) is 0 Å². The zero-order chi connectivity index (χ0) is 18.9. The molecule has 2 aromatic carbocycles. The predicted molar refractivity (Wildman–Crippen MR) is 91.7 cm³/mol. The Hall–Kier alpha value is -2.83. The fraction of sp³-hybridized carbons (Fsp3) is 0.263. The molecule has 136 valence electrons. The summed E-state index contributed by atoms with van der Waals surface area (Å²) in [6, 6.07) is 11.6. The Morgan fingerprint density at radius 1 is 1.15 bits per heavy atom. The van der Waals surface area contributed by atoms with Gasteiger partial charge in [0.15, 0.2) is 0 Å². The third-order valence-corrected chi connectivity index (χ3v) is 4.31. The van der Waals surface area contributed by atoms with Gasteiger partial charge in [0.2, 0.25) is 11.8 Å². The highest BCUT2D eigenvalue weighted by Gasteiger charge is 2.38. The summed E-state index contributed by atoms with van der Waals surface area (Å²) in [4.78, 5) is 26.3. The third-order valence-electron chi connectivity index (χ3n) is 4.31. The summed E-state index contributed by atoms with van der Waals surface area (Å²) in [6.07, 6.45) is -4.11. The van der Waals surface area contributed by atoms with Crippen LogP contribution in [0.1, 0.15) is 17.5 Å². The maximum absolute atomic E-state index is 12.6. The van der Waals surface area contributed by atoms with E-state index in [-0.39, 0.29) is 6.54 Å². The second kappa shape index (κ2) is 6.82. The topological polar surface area (TPSA) is 49.4 Å². The van der Waals surface area contributed by atoms with Gasteiger partial charge in [0.1, 0.15) is 5.92 Å². The number of aryl methyl sites for hydroxylation is 1. The van der Waals surface area contributed by atoms with Gasteiger partial charge in [-0.1, -0.05) is 12.1 Å². The van der Waals surface area contributed by atoms with E-state index in [1.807, 2.05) is 13.0 Å². The predicted octanol–water partition coefficient (Wildman–Crippen LogP) is 4.01. The number of hydrogen-bond donors (Lipinski definition) is 1. The summed E-state index contributed by atoms with van der Waals surface area (Å²) >= 11 is 0. The first-order chi connectivity index (χ1) is 12.3. The van der Waals surface area contributed by atoms with Crippen molar-refractivity contribution >= 4 is 23.2 Å². The molecule has 0 aliphatic carbocycles. The molecule has 1 fully saturated rings. The highest BCUT2D eigenvalue weighted by atomic mass is 19.4. The number of amides is 2. The van der Waals surface area contributed by atoms with Crippen LogP contribution < -0.4 is 10.2 Å². The molecule has 26 heavy (non-hydrogen) atoms. The molecular weight excluding hydrogens is 345 g/mol. The van der Waals surface area contributed by atoms with E-state index in [9.17, 15) is 22.8 Å². The van der Waals surface area contributed by atoms with Gasteiger partial charge in [0, 0.05) is 17.9 Å². The second-order valence-corrected chi connectivity index (χ2v) is 6.23. The lowest BCUT2D eigenvalue weighted by Crippen LogP contribution is -2.33. The zero-order valence-electron chi connectivity index (χ0n) is 14.0. The number of benzene rings is 2. The lowest BCUT2D eigenvalue weighted by molar-refractivity contribution is -0.137. The van der Waals surface area contributed by atoms with E-state index >= 15 is 0 Å². The van der Waals surface area contributed by atoms with Crippen LogP contribution in [-0.2, 0) is 15.8 Å². The van der Waals surface area contributed by atoms with Crippen molar-refractivity contribution in [3.63, 3.8) is 0 Å². The van der Waals surface area contributed by atoms with Gasteiger partial charge in [-0.2, -0.15) is 13.2 Å². The van der Waals surface area contributed by atoms with E-state index in [2.05, 4.69) is 5.32 Å². The first kappa shape index (κ1) is 18.0. The number of anilines is 2. The molecule has 0 radical (unpaired) electrons. The molecule has 1 unspecified atom stereocenters. The van der Waals surface area contributed by atoms with Crippen LogP contribution in [0.3, 0.4) is 0 Å². The van der Waals surface area contributed by atoms with Gasteiger partial charge in [0.05, 0.1) is 5.56 Å². The van der Waals surface area contributed by atoms with Crippen LogP contribution in [0.15, 0.2) is 48.5 Å². The van der Waals surface area contributed by atoms with Crippen LogP contribution in [0.25, 0.3) is 0 Å². The van der Waals surface area contributed by atoms with E-state index in [4.69, 9.17) is 0 Å². The molecule has 7 heteroatoms. The van der Waals surface area contributed by atoms with Crippen LogP contribution in [0.4, 0.5) is 24.5 Å². The SMILES string of the molecule is Cc1cccc(NC(=O)C2CCN(c3ccc(C(F)(F)F)cc3)C2=O)c1. The number of alkyl halides is 3. The lowest BCUT2D eigenvalue weighted by Gasteiger charge is -2.17. The van der Waals surface area contributed by atoms with Crippen molar-refractivity contribution in [1.29, 1.82) is 0 Å². The van der Waals surface area contributed by atoms with E-state index < -0.39 is 29.5 Å². The Bertz CT molecular complexity index is 831. The summed E-state index contributed by atoms with van der Waals surface area (Å²) in [5.41, 5.74) is 1.17. The van der Waals surface area contributed by atoms with Crippen molar-refractivity contribution in [2.75, 3.05) is 16.8 Å². The normalized spacial score (nSPS) is 17.5. The Morgan fingerprint density at radius 2 is 1.85 bits per heavy atom. The minimum absolute atomic E-state index is 0.288. The molecule has 1 saturated heterocycles. The summed E-state index contributed by atoms with van der Waals surface area (Å²) in [7, 11) is 0. The van der Waals surface area contributed by atoms with Gasteiger partial charge in [-0.25, -0.2) is 0 Å². The van der Waals surface area contributed by atoms with E-state index in [0.717, 1.165) is 17.7 Å². The number of carbonyl (C=O) groups excluding carboxylic acids is 2. The van der Waals surface area contributed by atoms with Crippen LogP contribution in [0, 0.1) is 12.8 Å². The molecule has 0 bridgehead atoms. The fourth-order valence-corrected chi connectivity index (χ4v) is 2.96. The minimum atomic E-state index is -4.43. The Kier molecular flexibility index (Phi) is 4.71. The molecular formula is C19H17F3N2O2. The van der Waals surface area contributed by atoms with Gasteiger partial charge < -0.3 is 10.2 Å². The van der Waals surface area contributed by atoms with Gasteiger partial charge in [0.25, 0.3) is 0 Å². The summed E-state index contributed by atoms with van der Waals surface area (Å²) in [5.74, 6) is -1.66. The molecule has 0 aromatic heterocycles. The average Bonchev–Trinajstić information content (AvgIpc) is 2.96. The van der Waals surface area contributed by atoms with Gasteiger partial charge >= 0.3 is 6.18 Å². The summed E-state index contributed by atoms with van der Waals surface area (Å²) in [6.45, 7) is 2.18. The summed E-state index contributed by atoms with van der Waals surface area (Å²) in [5, 5.41) is 2.72. The molecule has 2 amide bonds. The van der Waals surface area contributed by atoms with Crippen molar-refractivity contribution in [3.8, 4) is 0 Å². The van der Waals surface area contributed by atoms with Crippen molar-refractivity contribution in [3.05, 3.63) is 59.7 Å². The quantitative estimate of drug-likeness (QED) is 0.839. The maximum atomic E-state index is 12.6. The number of nitrogens with zero attached hydrogens (tertiary/aromatic N) is 1. The molecule has 1 aliphatic heterocycles. The number of rotatable bonds is 3. The van der Waals surface area contributed by atoms with Crippen molar-refractivity contribution in [2.24, 2.45) is 5.92 Å². The molecule has 1 aliphatic rings. The monoisotopic (exact) mass is 362 g/mol. The van der Waals surface area contributed by atoms with Crippen LogP contribution in [-0.4, -0.2) is 18.4 Å². The molecule has 4 nitrogen and oxygen atoms in total. The Morgan fingerprint density at radius 3 is 2.46 bits per heavy atom. The second-order valence-electron chi connectivity index (χ2n) is 6.23. The summed E-state index contributed by atoms with van der Waals surface area (Å²) < 4.78 is 37.9. The highest BCUT2D eigenvalue weighted by molar-refractivity contribution is 6.13. The first-order valence-corrected chi connectivity index (χ1v) is 8.12. The molecule has 3 rings (SSSR count). The van der Waals surface area contributed by atoms with Crippen molar-refractivity contribution < 1.29 is 22.8 Å². The molecule has 2 aromatic rings. The number of halogens is 3. The zero-order valence-corrected chi connectivity index (χ0v) is 14.0. The van der Waals surface area contributed by atoms with E-state index in [1.165, 1.54) is 17.0 Å². The molecule has 1 N–H and O–H groups in total. The van der Waals surface area contributed by atoms with Crippen molar-refractivity contribution in [2.45, 2.75) is 19.5 Å². The first-order valence-electron chi connectivity index (χ1n) is 8.12. The largest absolute Gasteiger partial charge is 0.416 e. The van der Waals surface area contributed by atoms with Gasteiger partial charge in [-0.3, -0.25) is 9.59 Å². The third kappa shape index (κ3) is 3.71. The fourth-order valence-electron chi connectivity index (χ4n) is 2.96. The molecule has 1 atom stereocenters. The standard InChI is InChI=1S/C19H17F3N2O2/c1-12-3-2-4-14(11-12)23-17(25)16-9-10-24(18(16)26)15-7-5-13(6-8-15)19(20,21)22/h2-8,11,16H,9-10H2,1H3,(H,23,25). The molecule has 0 saturated carbocycles. The minimum Gasteiger partial charge on any atom is -0.325 e. The van der Waals surface area contributed by atoms with Crippen LogP contribution >= 0.6 is 0 Å². The number of nitrogens with one attached hydrogen (secondary N) is 1. The Balaban J connectivity index is 1.70. The number of hydrogen-bond acceptors (Lipinski definition) is 2. The van der Waals surface area contributed by atoms with Crippen LogP contribution in [0.2, 0.25) is 0 Å². The average molecular weight is 362 g/mol. The lowest BCUT2D eigenvalue weighted by atomic mass is 10.1. The highest BCUT2D eigenvalue weighted by Crippen LogP contribution is 2.32. The smallest absolute Gasteiger partial charge is 0.325 e.